The Balaban J connectivity index is 2.00. The maximum absolute atomic E-state index is 11.9. The van der Waals surface area contributed by atoms with Crippen LogP contribution < -0.4 is 0 Å². The Bertz CT molecular complexity index is 622. The monoisotopic (exact) mass is 273 g/mol. The molecule has 0 aromatic heterocycles. The highest BCUT2D eigenvalue weighted by Gasteiger charge is 2.54. The van der Waals surface area contributed by atoms with Gasteiger partial charge in [0, 0.05) is 0 Å². The molecule has 0 amide bonds. The quantitative estimate of drug-likeness (QED) is 0.806. The van der Waals surface area contributed by atoms with Crippen molar-refractivity contribution < 1.29 is 8.42 Å². The summed E-state index contributed by atoms with van der Waals surface area (Å²) in [5, 5.41) is 0. The lowest BCUT2D eigenvalue weighted by atomic mass is 10.0. The van der Waals surface area contributed by atoms with Gasteiger partial charge in [0.15, 0.2) is 0 Å². The van der Waals surface area contributed by atoms with Crippen molar-refractivity contribution in [3.8, 4) is 0 Å². The molecule has 19 heavy (non-hydrogen) atoms. The summed E-state index contributed by atoms with van der Waals surface area (Å²) in [5.41, 5.74) is 2.09. The normalized spacial score (nSPS) is 26.1. The molecule has 98 valence electrons. The van der Waals surface area contributed by atoms with Crippen LogP contribution in [0.4, 0.5) is 0 Å². The topological polar surface area (TPSA) is 37.1 Å². The van der Waals surface area contributed by atoms with Crippen molar-refractivity contribution in [2.24, 2.45) is 0 Å². The smallest absolute Gasteiger partial charge is 0.212 e. The molecule has 1 aliphatic rings. The second-order valence-corrected chi connectivity index (χ2v) is 6.69. The van der Waals surface area contributed by atoms with Crippen LogP contribution in [0.3, 0.4) is 0 Å². The van der Waals surface area contributed by atoms with Crippen molar-refractivity contribution in [2.75, 3.05) is 6.26 Å². The SMILES string of the molecule is CS(=O)(=O)N1[C@H](c2ccccc2)[C@H]1c1ccccc1. The molecule has 0 saturated carbocycles. The Kier molecular flexibility index (Phi) is 2.92. The molecule has 0 N–H and O–H groups in total. The van der Waals surface area contributed by atoms with Crippen LogP contribution in [0.1, 0.15) is 23.2 Å². The van der Waals surface area contributed by atoms with Gasteiger partial charge in [-0.25, -0.2) is 8.42 Å². The fraction of sp³-hybridized carbons (Fsp3) is 0.200. The van der Waals surface area contributed by atoms with Crippen molar-refractivity contribution in [2.45, 2.75) is 12.1 Å². The number of benzene rings is 2. The second-order valence-electron chi connectivity index (χ2n) is 4.80. The molecule has 0 bridgehead atoms. The van der Waals surface area contributed by atoms with Gasteiger partial charge in [0.25, 0.3) is 0 Å². The van der Waals surface area contributed by atoms with Crippen LogP contribution >= 0.6 is 0 Å². The van der Waals surface area contributed by atoms with Gasteiger partial charge in [-0.2, -0.15) is 4.31 Å². The van der Waals surface area contributed by atoms with Crippen LogP contribution in [0.25, 0.3) is 0 Å². The zero-order valence-electron chi connectivity index (χ0n) is 10.6. The Labute approximate surface area is 113 Å². The molecule has 2 aromatic rings. The molecule has 1 heterocycles. The van der Waals surface area contributed by atoms with Crippen LogP contribution in [0.5, 0.6) is 0 Å². The highest BCUT2D eigenvalue weighted by molar-refractivity contribution is 7.88. The molecule has 1 saturated heterocycles. The molecular formula is C15H15NO2S. The summed E-state index contributed by atoms with van der Waals surface area (Å²) < 4.78 is 25.3. The first-order valence-corrected chi connectivity index (χ1v) is 8.02. The molecule has 1 fully saturated rings. The van der Waals surface area contributed by atoms with Crippen molar-refractivity contribution in [3.63, 3.8) is 0 Å². The Hall–Kier alpha value is -1.65. The van der Waals surface area contributed by atoms with Gasteiger partial charge in [0.05, 0.1) is 18.3 Å². The maximum Gasteiger partial charge on any atom is 0.212 e. The zero-order valence-corrected chi connectivity index (χ0v) is 11.4. The Morgan fingerprint density at radius 2 is 1.16 bits per heavy atom. The first-order chi connectivity index (χ1) is 9.09. The highest BCUT2D eigenvalue weighted by atomic mass is 32.2. The molecular weight excluding hydrogens is 258 g/mol. The summed E-state index contributed by atoms with van der Waals surface area (Å²) in [7, 11) is -3.19. The van der Waals surface area contributed by atoms with Gasteiger partial charge in [0.1, 0.15) is 0 Å². The minimum atomic E-state index is -3.19. The summed E-state index contributed by atoms with van der Waals surface area (Å²) in [6.07, 6.45) is 1.27. The molecule has 0 spiro atoms. The van der Waals surface area contributed by atoms with E-state index in [1.54, 1.807) is 4.31 Å². The van der Waals surface area contributed by atoms with E-state index in [1.807, 2.05) is 60.7 Å². The van der Waals surface area contributed by atoms with Crippen molar-refractivity contribution in [1.29, 1.82) is 0 Å². The average molecular weight is 273 g/mol. The lowest BCUT2D eigenvalue weighted by Crippen LogP contribution is -2.10. The number of nitrogens with zero attached hydrogens (tertiary/aromatic N) is 1. The predicted octanol–water partition coefficient (Wildman–Crippen LogP) is 2.74. The van der Waals surface area contributed by atoms with E-state index in [0.717, 1.165) is 11.1 Å². The van der Waals surface area contributed by atoms with Crippen LogP contribution in [-0.2, 0) is 10.0 Å². The van der Waals surface area contributed by atoms with Crippen molar-refractivity contribution >= 4 is 10.0 Å². The van der Waals surface area contributed by atoms with Gasteiger partial charge >= 0.3 is 0 Å². The minimum Gasteiger partial charge on any atom is -0.212 e. The third-order valence-electron chi connectivity index (χ3n) is 3.42. The summed E-state index contributed by atoms with van der Waals surface area (Å²) in [6, 6.07) is 19.4. The van der Waals surface area contributed by atoms with E-state index in [0.29, 0.717) is 0 Å². The Morgan fingerprint density at radius 1 is 0.789 bits per heavy atom. The van der Waals surface area contributed by atoms with Gasteiger partial charge in [-0.15, -0.1) is 0 Å². The Morgan fingerprint density at radius 3 is 1.47 bits per heavy atom. The summed E-state index contributed by atoms with van der Waals surface area (Å²) in [5.74, 6) is 0. The van der Waals surface area contributed by atoms with Crippen LogP contribution in [0, 0.1) is 0 Å². The lowest BCUT2D eigenvalue weighted by molar-refractivity contribution is 0.554. The van der Waals surface area contributed by atoms with E-state index in [2.05, 4.69) is 0 Å². The predicted molar refractivity (Wildman–Crippen MR) is 75.0 cm³/mol. The lowest BCUT2D eigenvalue weighted by Gasteiger charge is -2.00. The molecule has 2 atom stereocenters. The van der Waals surface area contributed by atoms with Crippen molar-refractivity contribution in [3.05, 3.63) is 71.8 Å². The molecule has 0 radical (unpaired) electrons. The van der Waals surface area contributed by atoms with Crippen LogP contribution in [-0.4, -0.2) is 19.0 Å². The molecule has 1 aliphatic heterocycles. The molecule has 3 rings (SSSR count). The summed E-state index contributed by atoms with van der Waals surface area (Å²) in [4.78, 5) is 0. The molecule has 2 aromatic carbocycles. The first kappa shape index (κ1) is 12.4. The van der Waals surface area contributed by atoms with Crippen LogP contribution in [0.2, 0.25) is 0 Å². The first-order valence-electron chi connectivity index (χ1n) is 6.17. The van der Waals surface area contributed by atoms with Crippen molar-refractivity contribution in [1.82, 2.24) is 4.31 Å². The van der Waals surface area contributed by atoms with E-state index in [1.165, 1.54) is 6.26 Å². The van der Waals surface area contributed by atoms with Crippen LogP contribution in [0.15, 0.2) is 60.7 Å². The average Bonchev–Trinajstić information content (AvgIpc) is 3.16. The number of hydrogen-bond donors (Lipinski definition) is 0. The second kappa shape index (κ2) is 4.47. The third-order valence-corrected chi connectivity index (χ3v) is 4.64. The number of hydrogen-bond acceptors (Lipinski definition) is 2. The van der Waals surface area contributed by atoms with E-state index < -0.39 is 10.0 Å². The standard InChI is InChI=1S/C15H15NO2S/c1-19(17,18)16-14(12-8-4-2-5-9-12)15(16)13-10-6-3-7-11-13/h2-11,14-15H,1H3/t14-,15-/m1/s1. The third kappa shape index (κ3) is 2.29. The highest BCUT2D eigenvalue weighted by Crippen LogP contribution is 2.56. The number of sulfonamides is 1. The molecule has 4 heteroatoms. The minimum absolute atomic E-state index is 0.0707. The molecule has 0 aliphatic carbocycles. The number of rotatable bonds is 3. The van der Waals surface area contributed by atoms with Gasteiger partial charge < -0.3 is 0 Å². The van der Waals surface area contributed by atoms with Gasteiger partial charge in [-0.3, -0.25) is 0 Å². The van der Waals surface area contributed by atoms with Gasteiger partial charge in [0.2, 0.25) is 10.0 Å². The van der Waals surface area contributed by atoms with Gasteiger partial charge in [-0.05, 0) is 11.1 Å². The fourth-order valence-electron chi connectivity index (χ4n) is 2.58. The summed E-state index contributed by atoms with van der Waals surface area (Å²) in [6.45, 7) is 0. The van der Waals surface area contributed by atoms with E-state index >= 15 is 0 Å². The van der Waals surface area contributed by atoms with E-state index in [9.17, 15) is 8.42 Å². The molecule has 0 unspecified atom stereocenters. The molecule has 3 nitrogen and oxygen atoms in total. The van der Waals surface area contributed by atoms with E-state index in [4.69, 9.17) is 0 Å². The fourth-order valence-corrected chi connectivity index (χ4v) is 3.83. The maximum atomic E-state index is 11.9. The van der Waals surface area contributed by atoms with Gasteiger partial charge in [-0.1, -0.05) is 60.7 Å². The zero-order chi connectivity index (χ0) is 13.5. The largest absolute Gasteiger partial charge is 0.212 e. The summed E-state index contributed by atoms with van der Waals surface area (Å²) >= 11 is 0. The van der Waals surface area contributed by atoms with E-state index in [-0.39, 0.29) is 12.1 Å².